The summed E-state index contributed by atoms with van der Waals surface area (Å²) >= 11 is 0. The van der Waals surface area contributed by atoms with Gasteiger partial charge in [-0.05, 0) is 36.4 Å². The molecule has 0 saturated heterocycles. The maximum atomic E-state index is 12.0. The Morgan fingerprint density at radius 1 is 0.882 bits per heavy atom. The van der Waals surface area contributed by atoms with E-state index >= 15 is 0 Å². The standard InChI is InChI=1S/C13H10O4.2H2/c14-9-3-1-8(2-4-9)13(17)11-6-5-10(15)7-12(11)16;;/h1-7,14-16H;2*1H. The van der Waals surface area contributed by atoms with Crippen molar-refractivity contribution in [3.8, 4) is 17.2 Å². The normalized spacial score (nSPS) is 10.1. The van der Waals surface area contributed by atoms with Crippen LogP contribution in [0.1, 0.15) is 18.8 Å². The van der Waals surface area contributed by atoms with Gasteiger partial charge in [0, 0.05) is 14.5 Å². The van der Waals surface area contributed by atoms with Crippen molar-refractivity contribution < 1.29 is 23.0 Å². The Balaban J connectivity index is 0.00000162. The van der Waals surface area contributed by atoms with Gasteiger partial charge in [0.2, 0.25) is 0 Å². The molecule has 0 aliphatic heterocycles. The summed E-state index contributed by atoms with van der Waals surface area (Å²) in [6.45, 7) is 0. The lowest BCUT2D eigenvalue weighted by atomic mass is 10.0. The maximum absolute atomic E-state index is 12.0. The summed E-state index contributed by atoms with van der Waals surface area (Å²) < 4.78 is 0. The molecule has 0 aromatic heterocycles. The molecule has 17 heavy (non-hydrogen) atoms. The Labute approximate surface area is 100 Å². The first kappa shape index (κ1) is 11.0. The number of carbonyl (C=O) groups is 1. The second kappa shape index (κ2) is 4.17. The quantitative estimate of drug-likeness (QED) is 0.698. The van der Waals surface area contributed by atoms with E-state index in [2.05, 4.69) is 0 Å². The molecule has 2 aromatic carbocycles. The summed E-state index contributed by atoms with van der Waals surface area (Å²) in [5.41, 5.74) is 0.456. The molecule has 2 aromatic rings. The molecule has 0 fully saturated rings. The predicted molar refractivity (Wildman–Crippen MR) is 65.5 cm³/mol. The van der Waals surface area contributed by atoms with Gasteiger partial charge in [0.1, 0.15) is 17.2 Å². The number of hydrogen-bond donors (Lipinski definition) is 3. The fraction of sp³-hybridized carbons (Fsp3) is 0. The van der Waals surface area contributed by atoms with Gasteiger partial charge in [-0.25, -0.2) is 0 Å². The van der Waals surface area contributed by atoms with E-state index < -0.39 is 0 Å². The summed E-state index contributed by atoms with van der Waals surface area (Å²) in [5, 5.41) is 27.8. The lowest BCUT2D eigenvalue weighted by Gasteiger charge is -2.04. The van der Waals surface area contributed by atoms with Crippen LogP contribution in [0.4, 0.5) is 0 Å². The van der Waals surface area contributed by atoms with Crippen molar-refractivity contribution in [2.75, 3.05) is 0 Å². The molecule has 0 unspecified atom stereocenters. The van der Waals surface area contributed by atoms with Crippen LogP contribution in [0, 0.1) is 0 Å². The van der Waals surface area contributed by atoms with Crippen LogP contribution in [0.15, 0.2) is 42.5 Å². The zero-order valence-electron chi connectivity index (χ0n) is 8.79. The number of ketones is 1. The zero-order chi connectivity index (χ0) is 12.4. The third-order valence-electron chi connectivity index (χ3n) is 2.36. The fourth-order valence-electron chi connectivity index (χ4n) is 1.48. The van der Waals surface area contributed by atoms with Gasteiger partial charge in [-0.3, -0.25) is 4.79 Å². The van der Waals surface area contributed by atoms with Crippen molar-refractivity contribution in [2.24, 2.45) is 0 Å². The smallest absolute Gasteiger partial charge is 0.196 e. The average Bonchev–Trinajstić information content (AvgIpc) is 2.29. The first-order valence-electron chi connectivity index (χ1n) is 4.93. The van der Waals surface area contributed by atoms with Gasteiger partial charge in [0.25, 0.3) is 0 Å². The maximum Gasteiger partial charge on any atom is 0.196 e. The minimum atomic E-state index is -0.373. The lowest BCUT2D eigenvalue weighted by molar-refractivity contribution is 0.103. The largest absolute Gasteiger partial charge is 0.508 e. The van der Waals surface area contributed by atoms with Crippen LogP contribution < -0.4 is 0 Å². The highest BCUT2D eigenvalue weighted by Gasteiger charge is 2.13. The van der Waals surface area contributed by atoms with E-state index in [0.29, 0.717) is 5.56 Å². The molecule has 0 aliphatic carbocycles. The highest BCUT2D eigenvalue weighted by atomic mass is 16.3. The Morgan fingerprint density at radius 2 is 1.47 bits per heavy atom. The third-order valence-corrected chi connectivity index (χ3v) is 2.36. The molecule has 4 nitrogen and oxygen atoms in total. The van der Waals surface area contributed by atoms with Crippen molar-refractivity contribution in [1.29, 1.82) is 0 Å². The van der Waals surface area contributed by atoms with E-state index in [1.54, 1.807) is 0 Å². The van der Waals surface area contributed by atoms with E-state index in [1.165, 1.54) is 36.4 Å². The van der Waals surface area contributed by atoms with Gasteiger partial charge in [-0.2, -0.15) is 0 Å². The van der Waals surface area contributed by atoms with E-state index in [9.17, 15) is 9.90 Å². The number of hydrogen-bond acceptors (Lipinski definition) is 4. The number of rotatable bonds is 2. The Kier molecular flexibility index (Phi) is 2.70. The number of phenols is 3. The number of phenolic OH excluding ortho intramolecular Hbond substituents is 3. The van der Waals surface area contributed by atoms with Gasteiger partial charge in [-0.1, -0.05) is 0 Å². The minimum Gasteiger partial charge on any atom is -0.508 e. The first-order chi connectivity index (χ1) is 8.08. The Morgan fingerprint density at radius 3 is 2.06 bits per heavy atom. The van der Waals surface area contributed by atoms with Crippen LogP contribution in [0.5, 0.6) is 17.2 Å². The molecular formula is C13H14O4. The third kappa shape index (κ3) is 2.20. The summed E-state index contributed by atoms with van der Waals surface area (Å²) in [4.78, 5) is 12.0. The zero-order valence-corrected chi connectivity index (χ0v) is 8.79. The number of aromatic hydroxyl groups is 3. The molecule has 0 atom stereocenters. The molecule has 0 amide bonds. The molecule has 0 saturated carbocycles. The number of benzene rings is 2. The van der Waals surface area contributed by atoms with E-state index in [4.69, 9.17) is 10.2 Å². The minimum absolute atomic E-state index is 0. The highest BCUT2D eigenvalue weighted by molar-refractivity contribution is 6.10. The van der Waals surface area contributed by atoms with Crippen molar-refractivity contribution in [1.82, 2.24) is 0 Å². The van der Waals surface area contributed by atoms with Gasteiger partial charge >= 0.3 is 0 Å². The highest BCUT2D eigenvalue weighted by Crippen LogP contribution is 2.25. The van der Waals surface area contributed by atoms with E-state index in [0.717, 1.165) is 6.07 Å². The number of carbonyl (C=O) groups excluding carboxylic acids is 1. The molecular weight excluding hydrogens is 220 g/mol. The van der Waals surface area contributed by atoms with E-state index in [1.807, 2.05) is 0 Å². The molecule has 0 aliphatic rings. The fourth-order valence-corrected chi connectivity index (χ4v) is 1.48. The van der Waals surface area contributed by atoms with Crippen LogP contribution in [0.2, 0.25) is 0 Å². The molecule has 0 bridgehead atoms. The summed E-state index contributed by atoms with van der Waals surface area (Å²) in [5.74, 6) is -0.688. The molecule has 90 valence electrons. The van der Waals surface area contributed by atoms with Crippen LogP contribution in [0.3, 0.4) is 0 Å². The van der Waals surface area contributed by atoms with Crippen molar-refractivity contribution in [3.63, 3.8) is 0 Å². The molecule has 2 rings (SSSR count). The van der Waals surface area contributed by atoms with Crippen molar-refractivity contribution in [3.05, 3.63) is 53.6 Å². The SMILES string of the molecule is O=C(c1ccc(O)cc1)c1ccc(O)cc1O.[HH].[HH]. The monoisotopic (exact) mass is 234 g/mol. The summed E-state index contributed by atoms with van der Waals surface area (Å²) in [7, 11) is 0. The van der Waals surface area contributed by atoms with Crippen LogP contribution >= 0.6 is 0 Å². The molecule has 4 heteroatoms. The van der Waals surface area contributed by atoms with Gasteiger partial charge in [0.05, 0.1) is 5.56 Å². The molecule has 3 N–H and O–H groups in total. The molecule has 0 heterocycles. The second-order valence-electron chi connectivity index (χ2n) is 3.58. The molecule has 0 radical (unpaired) electrons. The van der Waals surface area contributed by atoms with Crippen LogP contribution in [0.25, 0.3) is 0 Å². The van der Waals surface area contributed by atoms with Crippen LogP contribution in [-0.4, -0.2) is 21.1 Å². The topological polar surface area (TPSA) is 77.8 Å². The average molecular weight is 234 g/mol. The van der Waals surface area contributed by atoms with E-state index in [-0.39, 0.29) is 31.4 Å². The van der Waals surface area contributed by atoms with Crippen molar-refractivity contribution in [2.45, 2.75) is 0 Å². The first-order valence-corrected chi connectivity index (χ1v) is 4.93. The lowest BCUT2D eigenvalue weighted by Crippen LogP contribution is -2.01. The van der Waals surface area contributed by atoms with Gasteiger partial charge in [0.15, 0.2) is 5.78 Å². The molecule has 0 spiro atoms. The van der Waals surface area contributed by atoms with Gasteiger partial charge in [-0.15, -0.1) is 0 Å². The predicted octanol–water partition coefficient (Wildman–Crippen LogP) is 2.53. The summed E-state index contributed by atoms with van der Waals surface area (Å²) in [6.07, 6.45) is 0. The van der Waals surface area contributed by atoms with Crippen LogP contribution in [-0.2, 0) is 0 Å². The Bertz CT molecular complexity index is 567. The second-order valence-corrected chi connectivity index (χ2v) is 3.58. The summed E-state index contributed by atoms with van der Waals surface area (Å²) in [6, 6.07) is 9.49. The Hall–Kier alpha value is -2.49. The van der Waals surface area contributed by atoms with Gasteiger partial charge < -0.3 is 15.3 Å². The van der Waals surface area contributed by atoms with Crippen molar-refractivity contribution >= 4 is 5.78 Å².